The molecule has 18 heavy (non-hydrogen) atoms. The molecule has 0 aliphatic rings. The van der Waals surface area contributed by atoms with Crippen LogP contribution in [0.5, 0.6) is 0 Å². The highest BCUT2D eigenvalue weighted by molar-refractivity contribution is 5.85. The third kappa shape index (κ3) is 4.33. The summed E-state index contributed by atoms with van der Waals surface area (Å²) in [6.07, 6.45) is 1.53. The van der Waals surface area contributed by atoms with Crippen LogP contribution in [0.4, 0.5) is 5.69 Å². The van der Waals surface area contributed by atoms with Gasteiger partial charge in [-0.05, 0) is 25.0 Å². The molecule has 0 radical (unpaired) electrons. The Morgan fingerprint density at radius 3 is 2.67 bits per heavy atom. The highest BCUT2D eigenvalue weighted by Crippen LogP contribution is 2.12. The zero-order chi connectivity index (χ0) is 13.5. The lowest BCUT2D eigenvalue weighted by Gasteiger charge is -2.23. The summed E-state index contributed by atoms with van der Waals surface area (Å²) < 4.78 is 5.41. The van der Waals surface area contributed by atoms with E-state index < -0.39 is 5.97 Å². The van der Waals surface area contributed by atoms with Gasteiger partial charge in [-0.3, -0.25) is 0 Å². The molecular formula is C13H20N2O3. The van der Waals surface area contributed by atoms with E-state index in [9.17, 15) is 4.79 Å². The number of aromatic carboxylic acids is 1. The van der Waals surface area contributed by atoms with E-state index in [-0.39, 0.29) is 11.7 Å². The summed E-state index contributed by atoms with van der Waals surface area (Å²) >= 11 is 0. The summed E-state index contributed by atoms with van der Waals surface area (Å²) in [6.45, 7) is 7.47. The van der Waals surface area contributed by atoms with Gasteiger partial charge < -0.3 is 15.2 Å². The first-order valence-corrected chi connectivity index (χ1v) is 6.08. The van der Waals surface area contributed by atoms with Crippen LogP contribution in [0.25, 0.3) is 0 Å². The van der Waals surface area contributed by atoms with Gasteiger partial charge in [-0.15, -0.1) is 0 Å². The van der Waals surface area contributed by atoms with Crippen molar-refractivity contribution in [2.24, 2.45) is 5.92 Å². The Kier molecular flexibility index (Phi) is 5.58. The number of carboxylic acids is 1. The molecule has 1 heterocycles. The molecule has 1 aromatic heterocycles. The molecule has 0 aromatic carbocycles. The fourth-order valence-corrected chi connectivity index (χ4v) is 1.47. The molecule has 0 bridgehead atoms. The van der Waals surface area contributed by atoms with Crippen LogP contribution < -0.4 is 5.32 Å². The Morgan fingerprint density at radius 2 is 2.22 bits per heavy atom. The minimum Gasteiger partial charge on any atom is -0.477 e. The molecule has 0 saturated heterocycles. The largest absolute Gasteiger partial charge is 0.477 e. The van der Waals surface area contributed by atoms with Gasteiger partial charge in [0.1, 0.15) is 5.69 Å². The van der Waals surface area contributed by atoms with Crippen molar-refractivity contribution in [1.29, 1.82) is 0 Å². The average molecular weight is 252 g/mol. The van der Waals surface area contributed by atoms with E-state index in [2.05, 4.69) is 24.1 Å². The quantitative estimate of drug-likeness (QED) is 0.778. The molecule has 0 aliphatic carbocycles. The highest BCUT2D eigenvalue weighted by atomic mass is 16.5. The van der Waals surface area contributed by atoms with E-state index in [1.165, 1.54) is 12.3 Å². The number of carboxylic acid groups (broad SMARTS) is 1. The maximum atomic E-state index is 10.7. The van der Waals surface area contributed by atoms with E-state index in [0.717, 1.165) is 5.69 Å². The Bertz CT molecular complexity index is 376. The lowest BCUT2D eigenvalue weighted by Crippen LogP contribution is -2.31. The van der Waals surface area contributed by atoms with Crippen molar-refractivity contribution in [1.82, 2.24) is 4.98 Å². The van der Waals surface area contributed by atoms with Crippen LogP contribution >= 0.6 is 0 Å². The zero-order valence-corrected chi connectivity index (χ0v) is 11.0. The van der Waals surface area contributed by atoms with E-state index in [0.29, 0.717) is 19.1 Å². The first-order chi connectivity index (χ1) is 8.54. The lowest BCUT2D eigenvalue weighted by molar-refractivity contribution is 0.0690. The van der Waals surface area contributed by atoms with Gasteiger partial charge in [-0.25, -0.2) is 9.78 Å². The van der Waals surface area contributed by atoms with Gasteiger partial charge in [0.25, 0.3) is 0 Å². The summed E-state index contributed by atoms with van der Waals surface area (Å²) in [4.78, 5) is 14.5. The third-order valence-electron chi connectivity index (χ3n) is 2.64. The van der Waals surface area contributed by atoms with Crippen molar-refractivity contribution in [2.45, 2.75) is 26.8 Å². The second-order valence-corrected chi connectivity index (χ2v) is 4.39. The Morgan fingerprint density at radius 1 is 1.50 bits per heavy atom. The molecule has 1 rings (SSSR count). The molecule has 5 nitrogen and oxygen atoms in total. The second kappa shape index (κ2) is 6.96. The van der Waals surface area contributed by atoms with Crippen LogP contribution in [-0.4, -0.2) is 35.3 Å². The molecule has 1 atom stereocenters. The minimum absolute atomic E-state index is 0.0476. The SMILES string of the molecule is CCOCC(Nc1ccc(C(=O)O)nc1)C(C)C. The van der Waals surface area contributed by atoms with E-state index in [1.54, 1.807) is 6.07 Å². The van der Waals surface area contributed by atoms with Crippen LogP contribution in [0.3, 0.4) is 0 Å². The zero-order valence-electron chi connectivity index (χ0n) is 11.0. The number of nitrogens with one attached hydrogen (secondary N) is 1. The topological polar surface area (TPSA) is 71.5 Å². The smallest absolute Gasteiger partial charge is 0.354 e. The van der Waals surface area contributed by atoms with Crippen molar-refractivity contribution in [2.75, 3.05) is 18.5 Å². The van der Waals surface area contributed by atoms with Gasteiger partial charge in [0.2, 0.25) is 0 Å². The number of pyridine rings is 1. The predicted octanol–water partition coefficient (Wildman–Crippen LogP) is 2.25. The molecular weight excluding hydrogens is 232 g/mol. The normalized spacial score (nSPS) is 12.4. The monoisotopic (exact) mass is 252 g/mol. The van der Waals surface area contributed by atoms with Gasteiger partial charge >= 0.3 is 5.97 Å². The minimum atomic E-state index is -1.02. The summed E-state index contributed by atoms with van der Waals surface area (Å²) in [6, 6.07) is 3.39. The van der Waals surface area contributed by atoms with E-state index >= 15 is 0 Å². The van der Waals surface area contributed by atoms with Crippen molar-refractivity contribution in [3.05, 3.63) is 24.0 Å². The first-order valence-electron chi connectivity index (χ1n) is 6.08. The lowest BCUT2D eigenvalue weighted by atomic mass is 10.1. The Labute approximate surface area is 107 Å². The summed E-state index contributed by atoms with van der Waals surface area (Å²) in [5.74, 6) is -0.605. The number of nitrogens with zero attached hydrogens (tertiary/aromatic N) is 1. The van der Waals surface area contributed by atoms with Crippen LogP contribution in [0, 0.1) is 5.92 Å². The van der Waals surface area contributed by atoms with Crippen molar-refractivity contribution in [3.8, 4) is 0 Å². The van der Waals surface area contributed by atoms with Crippen molar-refractivity contribution < 1.29 is 14.6 Å². The van der Waals surface area contributed by atoms with E-state index in [4.69, 9.17) is 9.84 Å². The average Bonchev–Trinajstić information content (AvgIpc) is 2.34. The molecule has 1 aromatic rings. The van der Waals surface area contributed by atoms with E-state index in [1.807, 2.05) is 6.92 Å². The molecule has 0 fully saturated rings. The number of ether oxygens (including phenoxy) is 1. The molecule has 100 valence electrons. The molecule has 0 spiro atoms. The van der Waals surface area contributed by atoms with Crippen molar-refractivity contribution >= 4 is 11.7 Å². The number of anilines is 1. The fraction of sp³-hybridized carbons (Fsp3) is 0.538. The van der Waals surface area contributed by atoms with Crippen LogP contribution in [0.2, 0.25) is 0 Å². The van der Waals surface area contributed by atoms with Crippen LogP contribution in [0.15, 0.2) is 18.3 Å². The summed E-state index contributed by atoms with van der Waals surface area (Å²) in [5.41, 5.74) is 0.852. The summed E-state index contributed by atoms with van der Waals surface area (Å²) in [7, 11) is 0. The molecule has 0 saturated carbocycles. The molecule has 0 amide bonds. The number of aromatic nitrogens is 1. The van der Waals surface area contributed by atoms with Gasteiger partial charge in [0.05, 0.1) is 24.5 Å². The maximum Gasteiger partial charge on any atom is 0.354 e. The van der Waals surface area contributed by atoms with Gasteiger partial charge in [0.15, 0.2) is 0 Å². The second-order valence-electron chi connectivity index (χ2n) is 4.39. The fourth-order valence-electron chi connectivity index (χ4n) is 1.47. The van der Waals surface area contributed by atoms with Gasteiger partial charge in [0, 0.05) is 6.61 Å². The predicted molar refractivity (Wildman–Crippen MR) is 69.9 cm³/mol. The maximum absolute atomic E-state index is 10.7. The molecule has 1 unspecified atom stereocenters. The highest BCUT2D eigenvalue weighted by Gasteiger charge is 2.13. The number of carbonyl (C=O) groups is 1. The molecule has 5 heteroatoms. The molecule has 2 N–H and O–H groups in total. The Hall–Kier alpha value is -1.62. The number of rotatable bonds is 7. The third-order valence-corrected chi connectivity index (χ3v) is 2.64. The summed E-state index contributed by atoms with van der Waals surface area (Å²) in [5, 5.41) is 12.1. The first kappa shape index (κ1) is 14.4. The van der Waals surface area contributed by atoms with Crippen LogP contribution in [-0.2, 0) is 4.74 Å². The van der Waals surface area contributed by atoms with Crippen molar-refractivity contribution in [3.63, 3.8) is 0 Å². The standard InChI is InChI=1S/C13H20N2O3/c1-4-18-8-12(9(2)3)15-10-5-6-11(13(16)17)14-7-10/h5-7,9,12,15H,4,8H2,1-3H3,(H,16,17). The number of hydrogen-bond acceptors (Lipinski definition) is 4. The van der Waals surface area contributed by atoms with Gasteiger partial charge in [-0.2, -0.15) is 0 Å². The number of hydrogen-bond donors (Lipinski definition) is 2. The van der Waals surface area contributed by atoms with Crippen LogP contribution in [0.1, 0.15) is 31.3 Å². The Balaban J connectivity index is 2.65. The molecule has 0 aliphatic heterocycles. The van der Waals surface area contributed by atoms with Gasteiger partial charge in [-0.1, -0.05) is 13.8 Å².